The summed E-state index contributed by atoms with van der Waals surface area (Å²) in [7, 11) is 0. The van der Waals surface area contributed by atoms with Crippen LogP contribution >= 0.6 is 11.3 Å². The lowest BCUT2D eigenvalue weighted by Crippen LogP contribution is -2.34. The van der Waals surface area contributed by atoms with Crippen molar-refractivity contribution in [3.63, 3.8) is 0 Å². The minimum Gasteiger partial charge on any atom is -0.382 e. The standard InChI is InChI=1S/C15H13FN2O2S/c16-11-5-3-10(4-6-11)13-8-14(20-18-13)15(19)17-9-12-2-1-7-21-12/h1-7,14H,8-9H2,(H,17,19)/t14-/m0/s1. The summed E-state index contributed by atoms with van der Waals surface area (Å²) in [6, 6.07) is 9.88. The number of hydrogen-bond donors (Lipinski definition) is 1. The Hall–Kier alpha value is -2.21. The first-order valence-corrected chi connectivity index (χ1v) is 7.39. The van der Waals surface area contributed by atoms with Gasteiger partial charge in [0.05, 0.1) is 12.3 Å². The number of nitrogens with one attached hydrogen (secondary N) is 1. The Morgan fingerprint density at radius 3 is 2.90 bits per heavy atom. The molecule has 0 spiro atoms. The molecule has 1 aliphatic heterocycles. The first-order valence-electron chi connectivity index (χ1n) is 6.51. The van der Waals surface area contributed by atoms with Gasteiger partial charge in [-0.25, -0.2) is 4.39 Å². The summed E-state index contributed by atoms with van der Waals surface area (Å²) in [5, 5.41) is 8.70. The van der Waals surface area contributed by atoms with E-state index in [2.05, 4.69) is 10.5 Å². The number of halogens is 1. The van der Waals surface area contributed by atoms with Crippen LogP contribution in [0.1, 0.15) is 16.9 Å². The molecule has 1 aromatic heterocycles. The average molecular weight is 304 g/mol. The lowest BCUT2D eigenvalue weighted by atomic mass is 10.0. The minimum atomic E-state index is -0.620. The summed E-state index contributed by atoms with van der Waals surface area (Å²) in [5.74, 6) is -0.493. The molecule has 2 heterocycles. The molecular formula is C15H13FN2O2S. The second-order valence-corrected chi connectivity index (χ2v) is 5.67. The Labute approximate surface area is 125 Å². The molecule has 6 heteroatoms. The molecule has 0 bridgehead atoms. The van der Waals surface area contributed by atoms with Crippen molar-refractivity contribution < 1.29 is 14.0 Å². The Balaban J connectivity index is 1.55. The lowest BCUT2D eigenvalue weighted by Gasteiger charge is -2.08. The highest BCUT2D eigenvalue weighted by Gasteiger charge is 2.28. The van der Waals surface area contributed by atoms with Crippen LogP contribution in [0.25, 0.3) is 0 Å². The maximum Gasteiger partial charge on any atom is 0.264 e. The van der Waals surface area contributed by atoms with Crippen LogP contribution in [0.3, 0.4) is 0 Å². The smallest absolute Gasteiger partial charge is 0.264 e. The van der Waals surface area contributed by atoms with Crippen molar-refractivity contribution in [1.29, 1.82) is 0 Å². The van der Waals surface area contributed by atoms with Crippen molar-refractivity contribution in [1.82, 2.24) is 5.32 Å². The van der Waals surface area contributed by atoms with Crippen molar-refractivity contribution in [2.45, 2.75) is 19.1 Å². The van der Waals surface area contributed by atoms with E-state index >= 15 is 0 Å². The van der Waals surface area contributed by atoms with Crippen molar-refractivity contribution in [2.75, 3.05) is 0 Å². The predicted molar refractivity (Wildman–Crippen MR) is 78.6 cm³/mol. The first-order chi connectivity index (χ1) is 10.2. The average Bonchev–Trinajstić information content (AvgIpc) is 3.17. The molecule has 0 saturated heterocycles. The van der Waals surface area contributed by atoms with E-state index in [4.69, 9.17) is 4.84 Å². The van der Waals surface area contributed by atoms with Gasteiger partial charge in [0.15, 0.2) is 0 Å². The van der Waals surface area contributed by atoms with Gasteiger partial charge in [0.2, 0.25) is 6.10 Å². The predicted octanol–water partition coefficient (Wildman–Crippen LogP) is 2.70. The number of nitrogens with zero attached hydrogens (tertiary/aromatic N) is 1. The van der Waals surface area contributed by atoms with Gasteiger partial charge in [0.1, 0.15) is 5.82 Å². The van der Waals surface area contributed by atoms with Crippen LogP contribution in [0, 0.1) is 5.82 Å². The highest BCUT2D eigenvalue weighted by molar-refractivity contribution is 7.09. The maximum absolute atomic E-state index is 12.9. The van der Waals surface area contributed by atoms with Gasteiger partial charge < -0.3 is 10.2 Å². The number of hydrogen-bond acceptors (Lipinski definition) is 4. The molecule has 0 unspecified atom stereocenters. The second kappa shape index (κ2) is 6.05. The molecule has 1 amide bonds. The molecule has 108 valence electrons. The molecule has 21 heavy (non-hydrogen) atoms. The monoisotopic (exact) mass is 304 g/mol. The number of rotatable bonds is 4. The number of benzene rings is 1. The molecule has 1 N–H and O–H groups in total. The molecule has 0 radical (unpaired) electrons. The van der Waals surface area contributed by atoms with Gasteiger partial charge in [0, 0.05) is 11.3 Å². The van der Waals surface area contributed by atoms with E-state index in [9.17, 15) is 9.18 Å². The Bertz CT molecular complexity index is 653. The van der Waals surface area contributed by atoms with E-state index in [1.807, 2.05) is 17.5 Å². The summed E-state index contributed by atoms with van der Waals surface area (Å²) in [6.45, 7) is 0.488. The van der Waals surface area contributed by atoms with Crippen LogP contribution in [0.2, 0.25) is 0 Å². The molecule has 3 rings (SSSR count). The van der Waals surface area contributed by atoms with E-state index in [0.29, 0.717) is 18.7 Å². The topological polar surface area (TPSA) is 50.7 Å². The van der Waals surface area contributed by atoms with Gasteiger partial charge >= 0.3 is 0 Å². The largest absolute Gasteiger partial charge is 0.382 e. The van der Waals surface area contributed by atoms with Crippen molar-refractivity contribution in [2.24, 2.45) is 5.16 Å². The van der Waals surface area contributed by atoms with Crippen molar-refractivity contribution >= 4 is 23.0 Å². The van der Waals surface area contributed by atoms with Gasteiger partial charge in [-0.2, -0.15) is 0 Å². The van der Waals surface area contributed by atoms with E-state index in [0.717, 1.165) is 10.4 Å². The third kappa shape index (κ3) is 3.28. The van der Waals surface area contributed by atoms with Gasteiger partial charge in [-0.3, -0.25) is 4.79 Å². The molecular weight excluding hydrogens is 291 g/mol. The van der Waals surface area contributed by atoms with E-state index in [1.165, 1.54) is 12.1 Å². The highest BCUT2D eigenvalue weighted by Crippen LogP contribution is 2.17. The zero-order chi connectivity index (χ0) is 14.7. The van der Waals surface area contributed by atoms with Crippen molar-refractivity contribution in [3.05, 3.63) is 58.0 Å². The normalized spacial score (nSPS) is 17.2. The number of carbonyl (C=O) groups excluding carboxylic acids is 1. The summed E-state index contributed by atoms with van der Waals surface area (Å²) in [6.07, 6.45) is -0.230. The highest BCUT2D eigenvalue weighted by atomic mass is 32.1. The molecule has 1 aliphatic rings. The third-order valence-corrected chi connectivity index (χ3v) is 4.03. The number of thiophene rings is 1. The minimum absolute atomic E-state index is 0.190. The first kappa shape index (κ1) is 13.8. The van der Waals surface area contributed by atoms with Crippen LogP contribution in [0.4, 0.5) is 4.39 Å². The number of oxime groups is 1. The van der Waals surface area contributed by atoms with E-state index in [1.54, 1.807) is 23.5 Å². The zero-order valence-corrected chi connectivity index (χ0v) is 11.9. The van der Waals surface area contributed by atoms with Crippen LogP contribution < -0.4 is 5.32 Å². The second-order valence-electron chi connectivity index (χ2n) is 4.64. The van der Waals surface area contributed by atoms with Gasteiger partial charge in [-0.1, -0.05) is 23.4 Å². The number of amides is 1. The van der Waals surface area contributed by atoms with Crippen LogP contribution in [-0.4, -0.2) is 17.7 Å². The van der Waals surface area contributed by atoms with Gasteiger partial charge in [-0.15, -0.1) is 11.3 Å². The Morgan fingerprint density at radius 1 is 1.38 bits per heavy atom. The molecule has 0 aliphatic carbocycles. The maximum atomic E-state index is 12.9. The molecule has 0 fully saturated rings. The van der Waals surface area contributed by atoms with Gasteiger partial charge in [-0.05, 0) is 29.1 Å². The van der Waals surface area contributed by atoms with Crippen LogP contribution in [-0.2, 0) is 16.2 Å². The van der Waals surface area contributed by atoms with Crippen LogP contribution in [0.15, 0.2) is 46.9 Å². The summed E-state index contributed by atoms with van der Waals surface area (Å²) < 4.78 is 12.9. The molecule has 1 atom stereocenters. The summed E-state index contributed by atoms with van der Waals surface area (Å²) in [5.41, 5.74) is 1.43. The van der Waals surface area contributed by atoms with E-state index in [-0.39, 0.29) is 11.7 Å². The Kier molecular flexibility index (Phi) is 3.96. The fourth-order valence-corrected chi connectivity index (χ4v) is 2.68. The molecule has 2 aromatic rings. The van der Waals surface area contributed by atoms with Gasteiger partial charge in [0.25, 0.3) is 5.91 Å². The Morgan fingerprint density at radius 2 is 2.19 bits per heavy atom. The fraction of sp³-hybridized carbons (Fsp3) is 0.200. The lowest BCUT2D eigenvalue weighted by molar-refractivity contribution is -0.131. The summed E-state index contributed by atoms with van der Waals surface area (Å²) >= 11 is 1.59. The van der Waals surface area contributed by atoms with Crippen LogP contribution in [0.5, 0.6) is 0 Å². The fourth-order valence-electron chi connectivity index (χ4n) is 2.03. The molecule has 1 aromatic carbocycles. The quantitative estimate of drug-likeness (QED) is 0.944. The molecule has 4 nitrogen and oxygen atoms in total. The van der Waals surface area contributed by atoms with Crippen molar-refractivity contribution in [3.8, 4) is 0 Å². The molecule has 0 saturated carbocycles. The zero-order valence-electron chi connectivity index (χ0n) is 11.1. The summed E-state index contributed by atoms with van der Waals surface area (Å²) in [4.78, 5) is 18.3. The van der Waals surface area contributed by atoms with E-state index < -0.39 is 6.10 Å². The number of carbonyl (C=O) groups is 1. The SMILES string of the molecule is O=C(NCc1cccs1)[C@@H]1CC(c2ccc(F)cc2)=NO1. The third-order valence-electron chi connectivity index (χ3n) is 3.16.